The van der Waals surface area contributed by atoms with Crippen LogP contribution in [0.2, 0.25) is 0 Å². The maximum Gasteiger partial charge on any atom is 0.253 e. The van der Waals surface area contributed by atoms with Crippen molar-refractivity contribution in [3.63, 3.8) is 0 Å². The highest BCUT2D eigenvalue weighted by atomic mass is 32.2. The lowest BCUT2D eigenvalue weighted by atomic mass is 10.1. The first kappa shape index (κ1) is 25.5. The molecule has 38 heavy (non-hydrogen) atoms. The fourth-order valence-corrected chi connectivity index (χ4v) is 5.12. The van der Waals surface area contributed by atoms with E-state index in [1.54, 1.807) is 4.68 Å². The lowest BCUT2D eigenvalue weighted by molar-refractivity contribution is -0.113. The number of aromatic nitrogens is 4. The van der Waals surface area contributed by atoms with Crippen LogP contribution >= 0.6 is 11.8 Å². The molecule has 0 atom stereocenters. The van der Waals surface area contributed by atoms with Gasteiger partial charge in [-0.1, -0.05) is 47.7 Å². The maximum atomic E-state index is 12.8. The third-order valence-electron chi connectivity index (χ3n) is 6.47. The third kappa shape index (κ3) is 5.86. The van der Waals surface area contributed by atoms with Crippen LogP contribution in [0.5, 0.6) is 0 Å². The predicted molar refractivity (Wildman–Crippen MR) is 149 cm³/mol. The Labute approximate surface area is 225 Å². The van der Waals surface area contributed by atoms with E-state index in [0.717, 1.165) is 46.8 Å². The van der Waals surface area contributed by atoms with Crippen LogP contribution in [-0.4, -0.2) is 68.9 Å². The van der Waals surface area contributed by atoms with Gasteiger partial charge in [-0.2, -0.15) is 4.68 Å². The monoisotopic (exact) mass is 527 g/mol. The highest BCUT2D eigenvalue weighted by Crippen LogP contribution is 2.23. The van der Waals surface area contributed by atoms with E-state index in [1.807, 2.05) is 91.5 Å². The first-order valence-electron chi connectivity index (χ1n) is 12.5. The molecule has 1 saturated heterocycles. The Kier molecular flexibility index (Phi) is 7.69. The predicted octanol–water partition coefficient (Wildman–Crippen LogP) is 3.97. The van der Waals surface area contributed by atoms with Crippen molar-refractivity contribution >= 4 is 35.0 Å². The summed E-state index contributed by atoms with van der Waals surface area (Å²) in [4.78, 5) is 29.6. The molecule has 1 aliphatic rings. The van der Waals surface area contributed by atoms with Crippen molar-refractivity contribution in [3.8, 4) is 5.69 Å². The van der Waals surface area contributed by atoms with Crippen molar-refractivity contribution in [1.82, 2.24) is 25.1 Å². The van der Waals surface area contributed by atoms with E-state index in [1.165, 1.54) is 11.8 Å². The van der Waals surface area contributed by atoms with Gasteiger partial charge in [0.15, 0.2) is 0 Å². The average molecular weight is 528 g/mol. The number of nitrogens with zero attached hydrogens (tertiary/aromatic N) is 6. The number of aryl methyl sites for hydroxylation is 2. The molecule has 0 unspecified atom stereocenters. The molecule has 0 aliphatic carbocycles. The number of amides is 2. The summed E-state index contributed by atoms with van der Waals surface area (Å²) in [6, 6.07) is 23.4. The molecule has 194 valence electrons. The molecule has 10 heteroatoms. The van der Waals surface area contributed by atoms with Gasteiger partial charge in [0, 0.05) is 43.1 Å². The lowest BCUT2D eigenvalue weighted by Crippen LogP contribution is -2.48. The van der Waals surface area contributed by atoms with Crippen LogP contribution < -0.4 is 10.2 Å². The number of carbonyl (C=O) groups excluding carboxylic acids is 2. The number of anilines is 2. The fraction of sp³-hybridized carbons (Fsp3) is 0.250. The number of hydrogen-bond donors (Lipinski definition) is 1. The highest BCUT2D eigenvalue weighted by Gasteiger charge is 2.22. The molecule has 4 aromatic rings. The number of carbonyl (C=O) groups is 2. The molecule has 0 spiro atoms. The molecule has 1 N–H and O–H groups in total. The second-order valence-electron chi connectivity index (χ2n) is 9.19. The van der Waals surface area contributed by atoms with Crippen molar-refractivity contribution in [3.05, 3.63) is 89.5 Å². The number of piperazine rings is 1. The molecular formula is C28H29N7O2S. The van der Waals surface area contributed by atoms with Crippen molar-refractivity contribution < 1.29 is 9.59 Å². The molecule has 0 radical (unpaired) electrons. The largest absolute Gasteiger partial charge is 0.368 e. The van der Waals surface area contributed by atoms with Crippen LogP contribution in [0.15, 0.2) is 78.0 Å². The fourth-order valence-electron chi connectivity index (χ4n) is 4.43. The van der Waals surface area contributed by atoms with Crippen LogP contribution in [0.3, 0.4) is 0 Å². The van der Waals surface area contributed by atoms with Crippen LogP contribution in [-0.2, 0) is 4.79 Å². The van der Waals surface area contributed by atoms with Crippen LogP contribution in [0.25, 0.3) is 5.69 Å². The van der Waals surface area contributed by atoms with Crippen LogP contribution in [0, 0.1) is 13.8 Å². The number of rotatable bonds is 7. The summed E-state index contributed by atoms with van der Waals surface area (Å²) < 4.78 is 1.65. The Hall–Kier alpha value is -4.18. The van der Waals surface area contributed by atoms with Gasteiger partial charge in [0.05, 0.1) is 11.4 Å². The Morgan fingerprint density at radius 3 is 2.42 bits per heavy atom. The summed E-state index contributed by atoms with van der Waals surface area (Å²) in [6.07, 6.45) is 0. The van der Waals surface area contributed by atoms with Gasteiger partial charge in [0.1, 0.15) is 0 Å². The summed E-state index contributed by atoms with van der Waals surface area (Å²) >= 11 is 1.29. The standard InChI is InChI=1S/C28H29N7O2S/c1-20-6-5-8-22(18-20)27(37)34-16-14-33(15-17-34)24-12-10-23(11-13-24)29-26(36)19-38-28-30-31-32-35(28)25-9-4-3-7-21(25)2/h3-13,18H,14-17,19H2,1-2H3,(H,29,36). The zero-order chi connectivity index (χ0) is 26.5. The van der Waals surface area contributed by atoms with Gasteiger partial charge in [0.25, 0.3) is 5.91 Å². The van der Waals surface area contributed by atoms with E-state index in [2.05, 4.69) is 25.7 Å². The number of benzene rings is 3. The zero-order valence-corrected chi connectivity index (χ0v) is 22.2. The Bertz CT molecular complexity index is 1430. The van der Waals surface area contributed by atoms with Gasteiger partial charge >= 0.3 is 0 Å². The molecular weight excluding hydrogens is 498 g/mol. The minimum absolute atomic E-state index is 0.0808. The minimum atomic E-state index is -0.134. The number of tetrazole rings is 1. The Morgan fingerprint density at radius 1 is 0.921 bits per heavy atom. The molecule has 0 bridgehead atoms. The summed E-state index contributed by atoms with van der Waals surface area (Å²) in [5.74, 6) is 0.132. The van der Waals surface area contributed by atoms with Crippen molar-refractivity contribution in [2.75, 3.05) is 42.1 Å². The summed E-state index contributed by atoms with van der Waals surface area (Å²) in [5.41, 5.74) is 5.55. The highest BCUT2D eigenvalue weighted by molar-refractivity contribution is 7.99. The minimum Gasteiger partial charge on any atom is -0.368 e. The molecule has 1 aromatic heterocycles. The SMILES string of the molecule is Cc1cccc(C(=O)N2CCN(c3ccc(NC(=O)CSc4nnnn4-c4ccccc4C)cc3)CC2)c1. The molecule has 5 rings (SSSR count). The maximum absolute atomic E-state index is 12.8. The quantitative estimate of drug-likeness (QED) is 0.363. The van der Waals surface area contributed by atoms with E-state index < -0.39 is 0 Å². The van der Waals surface area contributed by atoms with E-state index in [4.69, 9.17) is 0 Å². The Balaban J connectivity index is 1.12. The first-order valence-corrected chi connectivity index (χ1v) is 13.4. The molecule has 2 heterocycles. The van der Waals surface area contributed by atoms with Gasteiger partial charge in [0.2, 0.25) is 11.1 Å². The molecule has 3 aromatic carbocycles. The summed E-state index contributed by atoms with van der Waals surface area (Å²) in [7, 11) is 0. The molecule has 1 fully saturated rings. The Morgan fingerprint density at radius 2 is 1.68 bits per heavy atom. The van der Waals surface area contributed by atoms with Gasteiger partial charge in [-0.05, 0) is 72.3 Å². The second-order valence-corrected chi connectivity index (χ2v) is 10.1. The zero-order valence-electron chi connectivity index (χ0n) is 21.4. The van der Waals surface area contributed by atoms with E-state index >= 15 is 0 Å². The second kappa shape index (κ2) is 11.5. The van der Waals surface area contributed by atoms with Crippen LogP contribution in [0.1, 0.15) is 21.5 Å². The van der Waals surface area contributed by atoms with Gasteiger partial charge < -0.3 is 15.1 Å². The molecule has 0 saturated carbocycles. The average Bonchev–Trinajstić information content (AvgIpc) is 3.41. The lowest BCUT2D eigenvalue weighted by Gasteiger charge is -2.36. The van der Waals surface area contributed by atoms with E-state index in [-0.39, 0.29) is 17.6 Å². The van der Waals surface area contributed by atoms with Crippen molar-refractivity contribution in [1.29, 1.82) is 0 Å². The van der Waals surface area contributed by atoms with Crippen molar-refractivity contribution in [2.45, 2.75) is 19.0 Å². The molecule has 9 nitrogen and oxygen atoms in total. The molecule has 1 aliphatic heterocycles. The number of thioether (sulfide) groups is 1. The van der Waals surface area contributed by atoms with E-state index in [9.17, 15) is 9.59 Å². The summed E-state index contributed by atoms with van der Waals surface area (Å²) in [6.45, 7) is 6.85. The summed E-state index contributed by atoms with van der Waals surface area (Å²) in [5, 5.41) is 15.4. The van der Waals surface area contributed by atoms with Gasteiger partial charge in [-0.3, -0.25) is 9.59 Å². The number of hydrogen-bond acceptors (Lipinski definition) is 7. The number of nitrogens with one attached hydrogen (secondary N) is 1. The van der Waals surface area contributed by atoms with Gasteiger partial charge in [-0.25, -0.2) is 0 Å². The topological polar surface area (TPSA) is 96.2 Å². The molecule has 2 amide bonds. The first-order chi connectivity index (χ1) is 18.5. The number of para-hydroxylation sites is 1. The van der Waals surface area contributed by atoms with Gasteiger partial charge in [-0.15, -0.1) is 5.10 Å². The van der Waals surface area contributed by atoms with Crippen molar-refractivity contribution in [2.24, 2.45) is 0 Å². The van der Waals surface area contributed by atoms with Crippen LogP contribution in [0.4, 0.5) is 11.4 Å². The van der Waals surface area contributed by atoms with E-state index in [0.29, 0.717) is 18.2 Å². The third-order valence-corrected chi connectivity index (χ3v) is 7.38. The smallest absolute Gasteiger partial charge is 0.253 e. The normalized spacial score (nSPS) is 13.4.